The van der Waals surface area contributed by atoms with Gasteiger partial charge in [0.15, 0.2) is 0 Å². The smallest absolute Gasteiger partial charge is 0.254 e. The van der Waals surface area contributed by atoms with Crippen molar-refractivity contribution < 1.29 is 14.3 Å². The molecule has 2 unspecified atom stereocenters. The average molecular weight is 484 g/mol. The number of nitrogens with one attached hydrogen (secondary N) is 1. The molecule has 8 heteroatoms. The summed E-state index contributed by atoms with van der Waals surface area (Å²) >= 11 is 18.4. The van der Waals surface area contributed by atoms with Crippen molar-refractivity contribution >= 4 is 40.7 Å². The minimum atomic E-state index is -0.249. The van der Waals surface area contributed by atoms with Crippen molar-refractivity contribution in [1.29, 1.82) is 0 Å². The molecule has 5 nitrogen and oxygen atoms in total. The molecule has 0 spiro atoms. The summed E-state index contributed by atoms with van der Waals surface area (Å²) < 4.78 is 10.9. The number of carbonyl (C=O) groups excluding carboxylic acids is 1. The Kier molecular flexibility index (Phi) is 6.87. The highest BCUT2D eigenvalue weighted by Crippen LogP contribution is 2.39. The van der Waals surface area contributed by atoms with Crippen LogP contribution in [0.1, 0.15) is 41.6 Å². The Balaban J connectivity index is 1.44. The summed E-state index contributed by atoms with van der Waals surface area (Å²) in [6.07, 6.45) is 4.03. The molecule has 2 bridgehead atoms. The second-order valence-corrected chi connectivity index (χ2v) is 9.37. The van der Waals surface area contributed by atoms with Crippen molar-refractivity contribution in [3.8, 4) is 11.5 Å². The first-order valence-electron chi connectivity index (χ1n) is 10.3. The minimum Gasteiger partial charge on any atom is -0.497 e. The monoisotopic (exact) mass is 482 g/mol. The molecule has 0 saturated carbocycles. The molecule has 2 heterocycles. The number of nitrogens with zero attached hydrogens (tertiary/aromatic N) is 1. The highest BCUT2D eigenvalue weighted by atomic mass is 35.5. The van der Waals surface area contributed by atoms with Crippen molar-refractivity contribution in [2.75, 3.05) is 14.2 Å². The Labute approximate surface area is 197 Å². The number of ether oxygens (including phenoxy) is 2. The van der Waals surface area contributed by atoms with Crippen LogP contribution in [0.5, 0.6) is 11.5 Å². The summed E-state index contributed by atoms with van der Waals surface area (Å²) in [6, 6.07) is 9.93. The number of hydrogen-bond donors (Lipinski definition) is 1. The molecule has 1 amide bonds. The lowest BCUT2D eigenvalue weighted by Crippen LogP contribution is -2.50. The lowest BCUT2D eigenvalue weighted by Gasteiger charge is -2.39. The molecule has 0 aromatic heterocycles. The van der Waals surface area contributed by atoms with Crippen LogP contribution in [-0.2, 0) is 6.54 Å². The largest absolute Gasteiger partial charge is 0.497 e. The Bertz CT molecular complexity index is 948. The number of amides is 1. The predicted molar refractivity (Wildman–Crippen MR) is 124 cm³/mol. The van der Waals surface area contributed by atoms with Crippen LogP contribution in [0.2, 0.25) is 15.1 Å². The van der Waals surface area contributed by atoms with Gasteiger partial charge in [0.25, 0.3) is 5.91 Å². The molecule has 31 heavy (non-hydrogen) atoms. The normalized spacial score (nSPS) is 22.9. The van der Waals surface area contributed by atoms with E-state index >= 15 is 0 Å². The van der Waals surface area contributed by atoms with Crippen molar-refractivity contribution in [2.24, 2.45) is 0 Å². The molecular weight excluding hydrogens is 459 g/mol. The lowest BCUT2D eigenvalue weighted by atomic mass is 9.96. The minimum absolute atomic E-state index is 0.0850. The molecule has 2 atom stereocenters. The summed E-state index contributed by atoms with van der Waals surface area (Å²) in [4.78, 5) is 15.4. The Morgan fingerprint density at radius 3 is 2.26 bits per heavy atom. The van der Waals surface area contributed by atoms with Gasteiger partial charge in [-0.2, -0.15) is 0 Å². The van der Waals surface area contributed by atoms with E-state index in [4.69, 9.17) is 44.3 Å². The Morgan fingerprint density at radius 2 is 1.68 bits per heavy atom. The molecule has 2 aromatic carbocycles. The van der Waals surface area contributed by atoms with Crippen LogP contribution in [0, 0.1) is 0 Å². The fourth-order valence-electron chi connectivity index (χ4n) is 4.85. The van der Waals surface area contributed by atoms with Gasteiger partial charge in [0.1, 0.15) is 11.5 Å². The number of hydrogen-bond acceptors (Lipinski definition) is 4. The standard InChI is InChI=1S/C23H25Cl3N2O3/c1-30-18-6-3-13(21(11-18)31-2)12-28-16-4-5-17(28)10-15(9-16)27-23(29)22-19(25)7-14(24)8-20(22)26/h3,6-8,11,15-17H,4-5,9-10,12H2,1-2H3,(H,27,29). The first kappa shape index (κ1) is 22.5. The van der Waals surface area contributed by atoms with E-state index in [0.29, 0.717) is 17.1 Å². The van der Waals surface area contributed by atoms with Gasteiger partial charge in [0, 0.05) is 41.3 Å². The van der Waals surface area contributed by atoms with Crippen molar-refractivity contribution in [2.45, 2.75) is 50.4 Å². The summed E-state index contributed by atoms with van der Waals surface area (Å²) in [6.45, 7) is 0.817. The maximum atomic E-state index is 12.9. The molecule has 1 N–H and O–H groups in total. The zero-order chi connectivity index (χ0) is 22.1. The average Bonchev–Trinajstić information content (AvgIpc) is 2.95. The zero-order valence-corrected chi connectivity index (χ0v) is 19.7. The Morgan fingerprint density at radius 1 is 1.03 bits per heavy atom. The van der Waals surface area contributed by atoms with E-state index in [1.54, 1.807) is 26.4 Å². The van der Waals surface area contributed by atoms with Gasteiger partial charge < -0.3 is 14.8 Å². The van der Waals surface area contributed by atoms with Crippen molar-refractivity contribution in [3.05, 3.63) is 56.5 Å². The fourth-order valence-corrected chi connectivity index (χ4v) is 5.83. The van der Waals surface area contributed by atoms with Crippen molar-refractivity contribution in [3.63, 3.8) is 0 Å². The summed E-state index contributed by atoms with van der Waals surface area (Å²) in [5.41, 5.74) is 1.42. The molecule has 2 saturated heterocycles. The highest BCUT2D eigenvalue weighted by molar-refractivity contribution is 6.42. The number of carbonyl (C=O) groups is 1. The van der Waals surface area contributed by atoms with Gasteiger partial charge in [-0.15, -0.1) is 0 Å². The van der Waals surface area contributed by atoms with E-state index in [1.165, 1.54) is 0 Å². The third kappa shape index (κ3) is 4.75. The molecule has 4 rings (SSSR count). The summed E-state index contributed by atoms with van der Waals surface area (Å²) in [5, 5.41) is 4.08. The third-order valence-electron chi connectivity index (χ3n) is 6.30. The van der Waals surface area contributed by atoms with Crippen molar-refractivity contribution in [1.82, 2.24) is 10.2 Å². The molecule has 2 fully saturated rings. The second kappa shape index (κ2) is 9.45. The maximum Gasteiger partial charge on any atom is 0.254 e. The number of halogens is 3. The van der Waals surface area contributed by atoms with Gasteiger partial charge in [-0.05, 0) is 43.9 Å². The van der Waals surface area contributed by atoms with Crippen LogP contribution in [0.15, 0.2) is 30.3 Å². The zero-order valence-electron chi connectivity index (χ0n) is 17.5. The number of methoxy groups -OCH3 is 2. The quantitative estimate of drug-likeness (QED) is 0.582. The first-order valence-corrected chi connectivity index (χ1v) is 11.4. The Hall–Kier alpha value is -1.66. The third-order valence-corrected chi connectivity index (χ3v) is 7.12. The van der Waals surface area contributed by atoms with Gasteiger partial charge in [0.2, 0.25) is 0 Å². The van der Waals surface area contributed by atoms with Crippen LogP contribution in [0.4, 0.5) is 0 Å². The molecule has 2 aromatic rings. The van der Waals surface area contributed by atoms with Crippen LogP contribution >= 0.6 is 34.8 Å². The molecule has 2 aliphatic rings. The fraction of sp³-hybridized carbons (Fsp3) is 0.435. The van der Waals surface area contributed by atoms with Gasteiger partial charge in [-0.1, -0.05) is 40.9 Å². The highest BCUT2D eigenvalue weighted by Gasteiger charge is 2.41. The van der Waals surface area contributed by atoms with Gasteiger partial charge in [-0.3, -0.25) is 9.69 Å². The lowest BCUT2D eigenvalue weighted by molar-refractivity contribution is 0.0826. The topological polar surface area (TPSA) is 50.8 Å². The summed E-state index contributed by atoms with van der Waals surface area (Å²) in [7, 11) is 3.33. The number of rotatable bonds is 6. The van der Waals surface area contributed by atoms with E-state index in [1.807, 2.05) is 12.1 Å². The molecular formula is C23H25Cl3N2O3. The number of fused-ring (bicyclic) bond motifs is 2. The van der Waals surface area contributed by atoms with Gasteiger partial charge in [-0.25, -0.2) is 0 Å². The number of benzene rings is 2. The molecule has 0 aliphatic carbocycles. The number of piperidine rings is 1. The van der Waals surface area contributed by atoms with Gasteiger partial charge in [0.05, 0.1) is 29.8 Å². The van der Waals surface area contributed by atoms with Crippen LogP contribution in [-0.4, -0.2) is 43.2 Å². The second-order valence-electron chi connectivity index (χ2n) is 8.12. The van der Waals surface area contributed by atoms with E-state index in [9.17, 15) is 4.79 Å². The van der Waals surface area contributed by atoms with E-state index in [2.05, 4.69) is 16.3 Å². The molecule has 2 aliphatic heterocycles. The van der Waals surface area contributed by atoms with E-state index < -0.39 is 0 Å². The predicted octanol–water partition coefficient (Wildman–Crippen LogP) is 5.59. The van der Waals surface area contributed by atoms with E-state index in [-0.39, 0.29) is 27.6 Å². The molecule has 166 valence electrons. The maximum absolute atomic E-state index is 12.9. The van der Waals surface area contributed by atoms with Crippen LogP contribution < -0.4 is 14.8 Å². The van der Waals surface area contributed by atoms with Gasteiger partial charge >= 0.3 is 0 Å². The summed E-state index contributed by atoms with van der Waals surface area (Å²) in [5.74, 6) is 1.37. The van der Waals surface area contributed by atoms with E-state index in [0.717, 1.165) is 49.3 Å². The van der Waals surface area contributed by atoms with Crippen LogP contribution in [0.25, 0.3) is 0 Å². The molecule has 0 radical (unpaired) electrons. The van der Waals surface area contributed by atoms with Crippen LogP contribution in [0.3, 0.4) is 0 Å². The first-order chi connectivity index (χ1) is 14.9. The SMILES string of the molecule is COc1ccc(CN2C3CCC2CC(NC(=O)c2c(Cl)cc(Cl)cc2Cl)C3)c(OC)c1.